The maximum atomic E-state index is 13.8. The Hall–Kier alpha value is -3.03. The molecule has 1 aliphatic rings. The monoisotopic (exact) mass is 289 g/mol. The third kappa shape index (κ3) is 2.06. The minimum absolute atomic E-state index is 0.102. The number of hydrogen-bond acceptors (Lipinski definition) is 5. The minimum Gasteiger partial charge on any atom is -0.324 e. The van der Waals surface area contributed by atoms with Gasteiger partial charge in [-0.25, -0.2) is 13.9 Å². The van der Waals surface area contributed by atoms with E-state index in [0.717, 1.165) is 0 Å². The normalized spacial score (nSPS) is 15.0. The maximum absolute atomic E-state index is 13.8. The lowest BCUT2D eigenvalue weighted by Gasteiger charge is -2.14. The van der Waals surface area contributed by atoms with Crippen LogP contribution in [0.15, 0.2) is 42.7 Å². The standard InChI is InChI=1S/C13H8FN3O4/c14-10(16-7-3-6-15-16)13(20)21-17-11(18)8-4-1-2-5-9(8)12(17)19/h1-7,10H. The van der Waals surface area contributed by atoms with E-state index in [-0.39, 0.29) is 16.2 Å². The second kappa shape index (κ2) is 4.82. The number of fused-ring (bicyclic) bond motifs is 1. The molecule has 0 saturated carbocycles. The van der Waals surface area contributed by atoms with Gasteiger partial charge in [0, 0.05) is 12.4 Å². The Morgan fingerprint density at radius 3 is 2.29 bits per heavy atom. The van der Waals surface area contributed by atoms with Crippen LogP contribution >= 0.6 is 0 Å². The summed E-state index contributed by atoms with van der Waals surface area (Å²) in [6.45, 7) is 0. The molecule has 21 heavy (non-hydrogen) atoms. The number of hydroxylamine groups is 2. The maximum Gasteiger partial charge on any atom is 0.389 e. The van der Waals surface area contributed by atoms with Crippen molar-refractivity contribution in [2.45, 2.75) is 6.30 Å². The van der Waals surface area contributed by atoms with Crippen LogP contribution in [0.4, 0.5) is 4.39 Å². The summed E-state index contributed by atoms with van der Waals surface area (Å²) in [4.78, 5) is 40.1. The Morgan fingerprint density at radius 2 is 1.76 bits per heavy atom. The third-order valence-corrected chi connectivity index (χ3v) is 2.89. The first kappa shape index (κ1) is 13.0. The fourth-order valence-corrected chi connectivity index (χ4v) is 1.91. The highest BCUT2D eigenvalue weighted by Crippen LogP contribution is 2.23. The summed E-state index contributed by atoms with van der Waals surface area (Å²) in [7, 11) is 0. The van der Waals surface area contributed by atoms with Crippen LogP contribution in [0.1, 0.15) is 27.0 Å². The number of carbonyl (C=O) groups excluding carboxylic acids is 3. The van der Waals surface area contributed by atoms with Gasteiger partial charge in [0.05, 0.1) is 11.1 Å². The second-order valence-corrected chi connectivity index (χ2v) is 4.18. The van der Waals surface area contributed by atoms with Crippen LogP contribution in [0.2, 0.25) is 0 Å². The largest absolute Gasteiger partial charge is 0.389 e. The van der Waals surface area contributed by atoms with Crippen molar-refractivity contribution in [3.05, 3.63) is 53.9 Å². The van der Waals surface area contributed by atoms with Crippen LogP contribution in [-0.4, -0.2) is 32.6 Å². The van der Waals surface area contributed by atoms with Gasteiger partial charge in [-0.15, -0.1) is 0 Å². The summed E-state index contributed by atoms with van der Waals surface area (Å²) in [5, 5.41) is 3.79. The van der Waals surface area contributed by atoms with Crippen molar-refractivity contribution >= 4 is 17.8 Å². The van der Waals surface area contributed by atoms with E-state index in [1.807, 2.05) is 0 Å². The van der Waals surface area contributed by atoms with E-state index >= 15 is 0 Å². The van der Waals surface area contributed by atoms with Crippen molar-refractivity contribution in [3.63, 3.8) is 0 Å². The van der Waals surface area contributed by atoms with E-state index in [1.54, 1.807) is 12.1 Å². The average Bonchev–Trinajstić information content (AvgIpc) is 3.11. The van der Waals surface area contributed by atoms with Crippen molar-refractivity contribution in [2.75, 3.05) is 0 Å². The van der Waals surface area contributed by atoms with Gasteiger partial charge in [0.1, 0.15) is 0 Å². The first-order valence-corrected chi connectivity index (χ1v) is 5.92. The van der Waals surface area contributed by atoms with Gasteiger partial charge in [-0.2, -0.15) is 5.10 Å². The molecule has 0 N–H and O–H groups in total. The molecule has 2 heterocycles. The molecule has 8 heteroatoms. The zero-order valence-corrected chi connectivity index (χ0v) is 10.5. The molecule has 7 nitrogen and oxygen atoms in total. The lowest BCUT2D eigenvalue weighted by Crippen LogP contribution is -2.35. The second-order valence-electron chi connectivity index (χ2n) is 4.18. The van der Waals surface area contributed by atoms with Gasteiger partial charge >= 0.3 is 5.97 Å². The number of halogens is 1. The summed E-state index contributed by atoms with van der Waals surface area (Å²) < 4.78 is 14.5. The molecule has 2 amide bonds. The molecule has 1 aliphatic heterocycles. The number of imide groups is 1. The lowest BCUT2D eigenvalue weighted by atomic mass is 10.1. The molecule has 1 atom stereocenters. The Morgan fingerprint density at radius 1 is 1.14 bits per heavy atom. The van der Waals surface area contributed by atoms with Crippen molar-refractivity contribution < 1.29 is 23.6 Å². The van der Waals surface area contributed by atoms with Crippen LogP contribution in [0.5, 0.6) is 0 Å². The molecule has 1 aromatic carbocycles. The molecular weight excluding hydrogens is 281 g/mol. The fraction of sp³-hybridized carbons (Fsp3) is 0.0769. The predicted molar refractivity (Wildman–Crippen MR) is 65.4 cm³/mol. The molecule has 3 rings (SSSR count). The summed E-state index contributed by atoms with van der Waals surface area (Å²) in [6.07, 6.45) is 0.250. The molecule has 0 aliphatic carbocycles. The number of amides is 2. The first-order chi connectivity index (χ1) is 10.1. The lowest BCUT2D eigenvalue weighted by molar-refractivity contribution is -0.179. The smallest absolute Gasteiger partial charge is 0.324 e. The average molecular weight is 289 g/mol. The topological polar surface area (TPSA) is 81.5 Å². The quantitative estimate of drug-likeness (QED) is 0.790. The first-order valence-electron chi connectivity index (χ1n) is 5.92. The van der Waals surface area contributed by atoms with Crippen molar-refractivity contribution in [1.82, 2.24) is 14.8 Å². The highest BCUT2D eigenvalue weighted by atomic mass is 19.1. The number of carbonyl (C=O) groups is 3. The van der Waals surface area contributed by atoms with E-state index in [2.05, 4.69) is 9.94 Å². The fourth-order valence-electron chi connectivity index (χ4n) is 1.91. The summed E-state index contributed by atoms with van der Waals surface area (Å²) in [5.74, 6) is -3.03. The molecule has 2 aromatic rings. The molecule has 0 fully saturated rings. The van der Waals surface area contributed by atoms with Gasteiger partial charge in [0.25, 0.3) is 18.1 Å². The number of rotatable bonds is 3. The number of alkyl halides is 1. The van der Waals surface area contributed by atoms with Gasteiger partial charge in [0.2, 0.25) is 0 Å². The molecule has 0 radical (unpaired) electrons. The predicted octanol–water partition coefficient (Wildman–Crippen LogP) is 1.11. The van der Waals surface area contributed by atoms with Gasteiger partial charge in [-0.1, -0.05) is 17.2 Å². The van der Waals surface area contributed by atoms with Crippen molar-refractivity contribution in [3.8, 4) is 0 Å². The zero-order valence-electron chi connectivity index (χ0n) is 10.5. The molecule has 1 aromatic heterocycles. The van der Waals surface area contributed by atoms with Gasteiger partial charge in [-0.3, -0.25) is 9.59 Å². The third-order valence-electron chi connectivity index (χ3n) is 2.89. The minimum atomic E-state index is -2.25. The Labute approximate surface area is 117 Å². The van der Waals surface area contributed by atoms with E-state index in [4.69, 9.17) is 0 Å². The molecule has 0 spiro atoms. The SMILES string of the molecule is O=C(ON1C(=O)c2ccccc2C1=O)C(F)n1cccn1. The number of nitrogens with zero attached hydrogens (tertiary/aromatic N) is 3. The van der Waals surface area contributed by atoms with Crippen LogP contribution in [0, 0.1) is 0 Å². The van der Waals surface area contributed by atoms with Crippen LogP contribution in [-0.2, 0) is 9.63 Å². The van der Waals surface area contributed by atoms with Crippen LogP contribution in [0.25, 0.3) is 0 Å². The Kier molecular flexibility index (Phi) is 2.98. The van der Waals surface area contributed by atoms with Gasteiger partial charge in [-0.05, 0) is 18.2 Å². The van der Waals surface area contributed by atoms with Crippen LogP contribution < -0.4 is 0 Å². The number of benzene rings is 1. The molecule has 1 unspecified atom stereocenters. The van der Waals surface area contributed by atoms with Crippen molar-refractivity contribution in [1.29, 1.82) is 0 Å². The summed E-state index contributed by atoms with van der Waals surface area (Å²) >= 11 is 0. The van der Waals surface area contributed by atoms with E-state index in [1.165, 1.54) is 30.6 Å². The summed E-state index contributed by atoms with van der Waals surface area (Å²) in [5.41, 5.74) is 0.203. The molecule has 0 saturated heterocycles. The van der Waals surface area contributed by atoms with E-state index in [9.17, 15) is 18.8 Å². The highest BCUT2D eigenvalue weighted by Gasteiger charge is 2.40. The van der Waals surface area contributed by atoms with Crippen LogP contribution in [0.3, 0.4) is 0 Å². The zero-order chi connectivity index (χ0) is 15.0. The molecule has 0 bridgehead atoms. The van der Waals surface area contributed by atoms with E-state index in [0.29, 0.717) is 4.68 Å². The highest BCUT2D eigenvalue weighted by molar-refractivity contribution is 6.20. The Bertz CT molecular complexity index is 694. The van der Waals surface area contributed by atoms with E-state index < -0.39 is 24.1 Å². The number of aromatic nitrogens is 2. The molecule has 106 valence electrons. The van der Waals surface area contributed by atoms with Gasteiger partial charge < -0.3 is 4.84 Å². The van der Waals surface area contributed by atoms with Gasteiger partial charge in [0.15, 0.2) is 0 Å². The van der Waals surface area contributed by atoms with Crippen molar-refractivity contribution in [2.24, 2.45) is 0 Å². The molecular formula is C13H8FN3O4. The number of hydrogen-bond donors (Lipinski definition) is 0. The Balaban J connectivity index is 1.79. The summed E-state index contributed by atoms with van der Waals surface area (Å²) in [6, 6.07) is 7.39.